The summed E-state index contributed by atoms with van der Waals surface area (Å²) in [6, 6.07) is 14.7. The number of fused-ring (bicyclic) bond motifs is 1. The Morgan fingerprint density at radius 3 is 2.67 bits per heavy atom. The van der Waals surface area contributed by atoms with Crippen molar-refractivity contribution in [2.75, 3.05) is 5.32 Å². The third-order valence-electron chi connectivity index (χ3n) is 4.87. The smallest absolute Gasteiger partial charge is 0.256 e. The molecule has 30 heavy (non-hydrogen) atoms. The molecule has 0 radical (unpaired) electrons. The molecule has 0 unspecified atom stereocenters. The number of halogens is 1. The van der Waals surface area contributed by atoms with Crippen LogP contribution in [0, 0.1) is 32.1 Å². The van der Waals surface area contributed by atoms with Gasteiger partial charge in [0.15, 0.2) is 11.6 Å². The summed E-state index contributed by atoms with van der Waals surface area (Å²) in [5, 5.41) is 18.1. The second-order valence-electron chi connectivity index (χ2n) is 7.17. The summed E-state index contributed by atoms with van der Waals surface area (Å²) >= 11 is 6.00. The highest BCUT2D eigenvalue weighted by atomic mass is 35.5. The van der Waals surface area contributed by atoms with Gasteiger partial charge in [0.1, 0.15) is 11.6 Å². The van der Waals surface area contributed by atoms with E-state index < -0.39 is 0 Å². The van der Waals surface area contributed by atoms with Crippen molar-refractivity contribution >= 4 is 34.2 Å². The van der Waals surface area contributed by atoms with E-state index in [4.69, 9.17) is 16.6 Å². The van der Waals surface area contributed by atoms with Crippen LogP contribution in [0.25, 0.3) is 16.7 Å². The Morgan fingerprint density at radius 1 is 1.13 bits per heavy atom. The number of nitrogens with zero attached hydrogens (tertiary/aromatic N) is 4. The molecule has 0 aliphatic carbocycles. The third kappa shape index (κ3) is 3.51. The van der Waals surface area contributed by atoms with Gasteiger partial charge in [0.25, 0.3) is 5.91 Å². The Labute approximate surface area is 178 Å². The summed E-state index contributed by atoms with van der Waals surface area (Å²) in [5.74, 6) is 0.397. The first kappa shape index (κ1) is 19.6. The van der Waals surface area contributed by atoms with Crippen molar-refractivity contribution in [2.24, 2.45) is 0 Å². The third-order valence-corrected chi connectivity index (χ3v) is 5.10. The van der Waals surface area contributed by atoms with Crippen molar-refractivity contribution in [2.45, 2.75) is 20.8 Å². The Morgan fingerprint density at radius 2 is 1.93 bits per heavy atom. The minimum atomic E-state index is -0.389. The summed E-state index contributed by atoms with van der Waals surface area (Å²) in [6.07, 6.45) is 1.41. The summed E-state index contributed by atoms with van der Waals surface area (Å²) in [6.45, 7) is 6.07. The highest BCUT2D eigenvalue weighted by molar-refractivity contribution is 6.31. The number of rotatable bonds is 3. The minimum absolute atomic E-state index is 0.241. The second-order valence-corrected chi connectivity index (χ2v) is 7.61. The summed E-state index contributed by atoms with van der Waals surface area (Å²) in [7, 11) is 0. The Hall–Kier alpha value is -3.69. The number of carbonyl (C=O) groups excluding carboxylic acids is 1. The lowest BCUT2D eigenvalue weighted by Crippen LogP contribution is -2.16. The molecule has 0 fully saturated rings. The molecule has 0 spiro atoms. The van der Waals surface area contributed by atoms with Gasteiger partial charge in [0, 0.05) is 16.0 Å². The van der Waals surface area contributed by atoms with Crippen molar-refractivity contribution < 1.29 is 4.79 Å². The average molecular weight is 416 g/mol. The maximum absolute atomic E-state index is 12.7. The maximum Gasteiger partial charge on any atom is 0.256 e. The Balaban J connectivity index is 1.82. The number of amides is 1. The molecule has 1 N–H and O–H groups in total. The number of nitrogens with one attached hydrogen (secondary N) is 1. The molecule has 0 atom stereocenters. The van der Waals surface area contributed by atoms with Crippen molar-refractivity contribution in [3.8, 4) is 11.9 Å². The monoisotopic (exact) mass is 415 g/mol. The van der Waals surface area contributed by atoms with Crippen LogP contribution in [0.15, 0.2) is 48.7 Å². The fraction of sp³-hybridized carbons (Fsp3) is 0.130. The Kier molecular flexibility index (Phi) is 4.98. The van der Waals surface area contributed by atoms with Gasteiger partial charge in [-0.2, -0.15) is 15.0 Å². The van der Waals surface area contributed by atoms with Gasteiger partial charge in [-0.05, 0) is 62.2 Å². The van der Waals surface area contributed by atoms with Crippen LogP contribution < -0.4 is 5.32 Å². The normalized spacial score (nSPS) is 10.8. The molecule has 2 aromatic heterocycles. The fourth-order valence-electron chi connectivity index (χ4n) is 3.47. The molecule has 7 heteroatoms. The van der Waals surface area contributed by atoms with Gasteiger partial charge in [0.05, 0.1) is 11.7 Å². The van der Waals surface area contributed by atoms with E-state index in [0.717, 1.165) is 27.6 Å². The molecule has 4 aromatic rings. The van der Waals surface area contributed by atoms with Gasteiger partial charge in [-0.25, -0.2) is 4.98 Å². The number of hydrogen-bond acceptors (Lipinski definition) is 4. The molecule has 4 rings (SSSR count). The predicted octanol–water partition coefficient (Wildman–Crippen LogP) is 5.12. The number of pyridine rings is 1. The van der Waals surface area contributed by atoms with Crippen LogP contribution >= 0.6 is 11.6 Å². The SMILES string of the molecule is Cc1cc(C)c2nc(-n3ncc(C#N)c3NC(=O)c3cccc(Cl)c3)cc(C)c2c1. The molecule has 2 heterocycles. The Bertz CT molecular complexity index is 1350. The number of aryl methyl sites for hydroxylation is 3. The number of carbonyl (C=O) groups is 1. The lowest BCUT2D eigenvalue weighted by Gasteiger charge is -2.13. The lowest BCUT2D eigenvalue weighted by molar-refractivity contribution is 0.102. The van der Waals surface area contributed by atoms with Crippen LogP contribution in [0.4, 0.5) is 5.82 Å². The van der Waals surface area contributed by atoms with Crippen LogP contribution in [0.2, 0.25) is 5.02 Å². The van der Waals surface area contributed by atoms with Crippen molar-refractivity contribution in [1.82, 2.24) is 14.8 Å². The largest absolute Gasteiger partial charge is 0.305 e. The number of nitriles is 1. The second kappa shape index (κ2) is 7.62. The van der Waals surface area contributed by atoms with Crippen LogP contribution in [0.1, 0.15) is 32.6 Å². The molecule has 6 nitrogen and oxygen atoms in total. The van der Waals surface area contributed by atoms with Crippen molar-refractivity contribution in [1.29, 1.82) is 5.26 Å². The predicted molar refractivity (Wildman–Crippen MR) is 117 cm³/mol. The molecule has 0 aliphatic heterocycles. The van der Waals surface area contributed by atoms with Crippen LogP contribution in [-0.2, 0) is 0 Å². The van der Waals surface area contributed by atoms with Gasteiger partial charge in [-0.3, -0.25) is 4.79 Å². The summed E-state index contributed by atoms with van der Waals surface area (Å²) in [5.41, 5.74) is 4.73. The van der Waals surface area contributed by atoms with Gasteiger partial charge >= 0.3 is 0 Å². The van der Waals surface area contributed by atoms with E-state index in [1.54, 1.807) is 24.3 Å². The number of hydrogen-bond donors (Lipinski definition) is 1. The summed E-state index contributed by atoms with van der Waals surface area (Å²) in [4.78, 5) is 17.5. The molecule has 0 saturated heterocycles. The molecule has 2 aromatic carbocycles. The van der Waals surface area contributed by atoms with E-state index in [0.29, 0.717) is 16.4 Å². The highest BCUT2D eigenvalue weighted by Gasteiger charge is 2.18. The number of anilines is 1. The zero-order valence-electron chi connectivity index (χ0n) is 16.7. The molecule has 0 bridgehead atoms. The first-order chi connectivity index (χ1) is 14.4. The van der Waals surface area contributed by atoms with Crippen LogP contribution in [0.3, 0.4) is 0 Å². The van der Waals surface area contributed by atoms with E-state index in [9.17, 15) is 10.1 Å². The van der Waals surface area contributed by atoms with Gasteiger partial charge in [-0.1, -0.05) is 29.3 Å². The fourth-order valence-corrected chi connectivity index (χ4v) is 3.66. The van der Waals surface area contributed by atoms with Gasteiger partial charge in [0.2, 0.25) is 0 Å². The van der Waals surface area contributed by atoms with Crippen LogP contribution in [-0.4, -0.2) is 20.7 Å². The standard InChI is InChI=1S/C23H18ClN5O/c1-13-7-15(3)21-19(8-13)14(2)9-20(27-21)29-22(17(11-25)12-26-29)28-23(30)16-5-4-6-18(24)10-16/h4-10,12H,1-3H3,(H,28,30). The van der Waals surface area contributed by atoms with E-state index in [2.05, 4.69) is 35.5 Å². The number of benzene rings is 2. The maximum atomic E-state index is 12.7. The lowest BCUT2D eigenvalue weighted by atomic mass is 10.0. The zero-order chi connectivity index (χ0) is 21.4. The van der Waals surface area contributed by atoms with Gasteiger partial charge in [-0.15, -0.1) is 0 Å². The van der Waals surface area contributed by atoms with Crippen LogP contribution in [0.5, 0.6) is 0 Å². The zero-order valence-corrected chi connectivity index (χ0v) is 17.4. The molecule has 0 aliphatic rings. The molecule has 0 saturated carbocycles. The topological polar surface area (TPSA) is 83.6 Å². The first-order valence-electron chi connectivity index (χ1n) is 9.31. The molecule has 1 amide bonds. The van der Waals surface area contributed by atoms with E-state index >= 15 is 0 Å². The molecular formula is C23H18ClN5O. The van der Waals surface area contributed by atoms with E-state index in [1.165, 1.54) is 10.9 Å². The molecule has 148 valence electrons. The average Bonchev–Trinajstić information content (AvgIpc) is 3.11. The quantitative estimate of drug-likeness (QED) is 0.503. The first-order valence-corrected chi connectivity index (χ1v) is 9.69. The van der Waals surface area contributed by atoms with Crippen molar-refractivity contribution in [3.05, 3.63) is 81.5 Å². The summed E-state index contributed by atoms with van der Waals surface area (Å²) < 4.78 is 1.48. The van der Waals surface area contributed by atoms with E-state index in [-0.39, 0.29) is 17.3 Å². The molecular weight excluding hydrogens is 398 g/mol. The van der Waals surface area contributed by atoms with Crippen molar-refractivity contribution in [3.63, 3.8) is 0 Å². The number of aromatic nitrogens is 3. The van der Waals surface area contributed by atoms with Gasteiger partial charge < -0.3 is 5.32 Å². The highest BCUT2D eigenvalue weighted by Crippen LogP contribution is 2.27. The van der Waals surface area contributed by atoms with E-state index in [1.807, 2.05) is 19.9 Å². The minimum Gasteiger partial charge on any atom is -0.305 e.